The van der Waals surface area contributed by atoms with Crippen LogP contribution < -0.4 is 5.73 Å². The number of nitrogens with two attached hydrogens (primary N) is 1. The maximum atomic E-state index is 11.8. The van der Waals surface area contributed by atoms with Gasteiger partial charge in [-0.1, -0.05) is 18.2 Å². The molecule has 0 saturated carbocycles. The largest absolute Gasteiger partial charge is 0.337 e. The van der Waals surface area contributed by atoms with E-state index in [2.05, 4.69) is 22.6 Å². The Labute approximate surface area is 110 Å². The van der Waals surface area contributed by atoms with E-state index in [0.717, 1.165) is 0 Å². The summed E-state index contributed by atoms with van der Waals surface area (Å²) in [6.07, 6.45) is 0. The molecule has 0 aromatic heterocycles. The summed E-state index contributed by atoms with van der Waals surface area (Å²) in [5.41, 5.74) is 6.78. The molecule has 0 aliphatic rings. The maximum Gasteiger partial charge on any atom is 0.239 e. The fourth-order valence-corrected chi connectivity index (χ4v) is 2.02. The Morgan fingerprint density at radius 3 is 2.62 bits per heavy atom. The molecule has 1 aromatic carbocycles. The smallest absolute Gasteiger partial charge is 0.239 e. The molecule has 0 aliphatic carbocycles. The summed E-state index contributed by atoms with van der Waals surface area (Å²) in [5.74, 6) is 0.00199. The van der Waals surface area contributed by atoms with E-state index in [0.29, 0.717) is 13.1 Å². The van der Waals surface area contributed by atoms with Crippen molar-refractivity contribution in [1.29, 1.82) is 0 Å². The summed E-state index contributed by atoms with van der Waals surface area (Å²) in [7, 11) is 0. The SMILES string of the molecule is CCN(Cc1ccccc1I)C(=O)[C@H](C)N. The predicted octanol–water partition coefficient (Wildman–Crippen LogP) is 1.99. The number of carbonyl (C=O) groups is 1. The minimum absolute atomic E-state index is 0.00199. The molecule has 88 valence electrons. The Kier molecular flexibility index (Phi) is 5.21. The van der Waals surface area contributed by atoms with Gasteiger partial charge in [-0.25, -0.2) is 0 Å². The molecule has 0 saturated heterocycles. The van der Waals surface area contributed by atoms with Gasteiger partial charge in [0.1, 0.15) is 0 Å². The second-order valence-electron chi connectivity index (χ2n) is 3.73. The van der Waals surface area contributed by atoms with E-state index in [1.165, 1.54) is 9.13 Å². The monoisotopic (exact) mass is 332 g/mol. The Morgan fingerprint density at radius 2 is 2.12 bits per heavy atom. The maximum absolute atomic E-state index is 11.8. The molecule has 1 atom stereocenters. The molecule has 0 heterocycles. The Bertz CT molecular complexity index is 366. The van der Waals surface area contributed by atoms with Crippen LogP contribution in [0.3, 0.4) is 0 Å². The van der Waals surface area contributed by atoms with Gasteiger partial charge in [-0.05, 0) is 48.1 Å². The van der Waals surface area contributed by atoms with Crippen LogP contribution in [-0.2, 0) is 11.3 Å². The van der Waals surface area contributed by atoms with Gasteiger partial charge in [-0.3, -0.25) is 4.79 Å². The molecule has 1 rings (SSSR count). The van der Waals surface area contributed by atoms with Gasteiger partial charge in [0.25, 0.3) is 0 Å². The number of rotatable bonds is 4. The first-order chi connectivity index (χ1) is 7.56. The van der Waals surface area contributed by atoms with Crippen LogP contribution >= 0.6 is 22.6 Å². The second kappa shape index (κ2) is 6.20. The topological polar surface area (TPSA) is 46.3 Å². The van der Waals surface area contributed by atoms with Crippen LogP contribution in [0.4, 0.5) is 0 Å². The van der Waals surface area contributed by atoms with E-state index in [9.17, 15) is 4.79 Å². The van der Waals surface area contributed by atoms with Crippen LogP contribution in [0.5, 0.6) is 0 Å². The van der Waals surface area contributed by atoms with Crippen LogP contribution in [0.25, 0.3) is 0 Å². The van der Waals surface area contributed by atoms with Crippen molar-refractivity contribution in [2.45, 2.75) is 26.4 Å². The van der Waals surface area contributed by atoms with Crippen LogP contribution in [-0.4, -0.2) is 23.4 Å². The lowest BCUT2D eigenvalue weighted by atomic mass is 10.2. The molecular weight excluding hydrogens is 315 g/mol. The minimum Gasteiger partial charge on any atom is -0.337 e. The highest BCUT2D eigenvalue weighted by Gasteiger charge is 2.16. The molecule has 16 heavy (non-hydrogen) atoms. The molecule has 0 bridgehead atoms. The first kappa shape index (κ1) is 13.4. The third-order valence-corrected chi connectivity index (χ3v) is 3.45. The quantitative estimate of drug-likeness (QED) is 0.857. The second-order valence-corrected chi connectivity index (χ2v) is 4.89. The van der Waals surface area contributed by atoms with Gasteiger partial charge in [-0.2, -0.15) is 0 Å². The van der Waals surface area contributed by atoms with E-state index in [4.69, 9.17) is 5.73 Å². The molecule has 1 amide bonds. The zero-order chi connectivity index (χ0) is 12.1. The number of hydrogen-bond acceptors (Lipinski definition) is 2. The van der Waals surface area contributed by atoms with Crippen molar-refractivity contribution in [3.8, 4) is 0 Å². The lowest BCUT2D eigenvalue weighted by molar-refractivity contribution is -0.132. The van der Waals surface area contributed by atoms with Crippen molar-refractivity contribution in [2.24, 2.45) is 5.73 Å². The normalized spacial score (nSPS) is 12.2. The lowest BCUT2D eigenvalue weighted by Crippen LogP contribution is -2.41. The zero-order valence-electron chi connectivity index (χ0n) is 9.61. The van der Waals surface area contributed by atoms with E-state index in [1.807, 2.05) is 31.2 Å². The standard InChI is InChI=1S/C12H17IN2O/c1-3-15(12(16)9(2)14)8-10-6-4-5-7-11(10)13/h4-7,9H,3,8,14H2,1-2H3/t9-/m0/s1. The number of likely N-dealkylation sites (N-methyl/N-ethyl adjacent to an activating group) is 1. The fraction of sp³-hybridized carbons (Fsp3) is 0.417. The Morgan fingerprint density at radius 1 is 1.50 bits per heavy atom. The molecule has 0 spiro atoms. The molecule has 0 unspecified atom stereocenters. The third kappa shape index (κ3) is 3.45. The number of benzene rings is 1. The summed E-state index contributed by atoms with van der Waals surface area (Å²) in [4.78, 5) is 13.6. The van der Waals surface area contributed by atoms with E-state index < -0.39 is 6.04 Å². The first-order valence-electron chi connectivity index (χ1n) is 5.34. The van der Waals surface area contributed by atoms with Gasteiger partial charge in [-0.15, -0.1) is 0 Å². The van der Waals surface area contributed by atoms with Gasteiger partial charge in [0.05, 0.1) is 6.04 Å². The number of amides is 1. The number of nitrogens with zero attached hydrogens (tertiary/aromatic N) is 1. The van der Waals surface area contributed by atoms with Crippen molar-refractivity contribution in [3.63, 3.8) is 0 Å². The van der Waals surface area contributed by atoms with Gasteiger partial charge in [0.2, 0.25) is 5.91 Å². The average Bonchev–Trinajstić information content (AvgIpc) is 2.27. The highest BCUT2D eigenvalue weighted by molar-refractivity contribution is 14.1. The number of hydrogen-bond donors (Lipinski definition) is 1. The highest BCUT2D eigenvalue weighted by Crippen LogP contribution is 2.14. The van der Waals surface area contributed by atoms with Gasteiger partial charge in [0.15, 0.2) is 0 Å². The van der Waals surface area contributed by atoms with Gasteiger partial charge >= 0.3 is 0 Å². The summed E-state index contributed by atoms with van der Waals surface area (Å²) in [6.45, 7) is 5.01. The van der Waals surface area contributed by atoms with Crippen molar-refractivity contribution in [2.75, 3.05) is 6.54 Å². The minimum atomic E-state index is -0.429. The molecule has 4 heteroatoms. The van der Waals surface area contributed by atoms with E-state index in [1.54, 1.807) is 11.8 Å². The molecule has 0 fully saturated rings. The zero-order valence-corrected chi connectivity index (χ0v) is 11.8. The third-order valence-electron chi connectivity index (χ3n) is 2.40. The summed E-state index contributed by atoms with van der Waals surface area (Å²) in [5, 5.41) is 0. The Hall–Kier alpha value is -0.620. The van der Waals surface area contributed by atoms with Crippen LogP contribution in [0, 0.1) is 3.57 Å². The van der Waals surface area contributed by atoms with Gasteiger partial charge < -0.3 is 10.6 Å². The first-order valence-corrected chi connectivity index (χ1v) is 6.42. The molecule has 0 aliphatic heterocycles. The number of carbonyl (C=O) groups excluding carboxylic acids is 1. The van der Waals surface area contributed by atoms with Crippen molar-refractivity contribution in [3.05, 3.63) is 33.4 Å². The molecule has 3 nitrogen and oxygen atoms in total. The van der Waals surface area contributed by atoms with E-state index >= 15 is 0 Å². The molecular formula is C12H17IN2O. The molecule has 0 radical (unpaired) electrons. The Balaban J connectivity index is 2.78. The van der Waals surface area contributed by atoms with Gasteiger partial charge in [0, 0.05) is 16.7 Å². The van der Waals surface area contributed by atoms with Crippen LogP contribution in [0.2, 0.25) is 0 Å². The van der Waals surface area contributed by atoms with E-state index in [-0.39, 0.29) is 5.91 Å². The predicted molar refractivity (Wildman–Crippen MR) is 73.9 cm³/mol. The summed E-state index contributed by atoms with van der Waals surface area (Å²) in [6, 6.07) is 7.64. The summed E-state index contributed by atoms with van der Waals surface area (Å²) < 4.78 is 1.18. The number of halogens is 1. The van der Waals surface area contributed by atoms with Crippen molar-refractivity contribution >= 4 is 28.5 Å². The van der Waals surface area contributed by atoms with Crippen LogP contribution in [0.1, 0.15) is 19.4 Å². The highest BCUT2D eigenvalue weighted by atomic mass is 127. The molecule has 2 N–H and O–H groups in total. The fourth-order valence-electron chi connectivity index (χ4n) is 1.47. The van der Waals surface area contributed by atoms with Crippen molar-refractivity contribution < 1.29 is 4.79 Å². The van der Waals surface area contributed by atoms with Crippen molar-refractivity contribution in [1.82, 2.24) is 4.90 Å². The molecule has 1 aromatic rings. The average molecular weight is 332 g/mol. The summed E-state index contributed by atoms with van der Waals surface area (Å²) >= 11 is 2.28. The van der Waals surface area contributed by atoms with Crippen LogP contribution in [0.15, 0.2) is 24.3 Å². The lowest BCUT2D eigenvalue weighted by Gasteiger charge is -2.23.